The van der Waals surface area contributed by atoms with E-state index in [9.17, 15) is 13.2 Å². The second-order valence-corrected chi connectivity index (χ2v) is 8.23. The van der Waals surface area contributed by atoms with Crippen molar-refractivity contribution in [2.24, 2.45) is 11.8 Å². The van der Waals surface area contributed by atoms with Gasteiger partial charge >= 0.3 is 0 Å². The molecule has 0 saturated carbocycles. The van der Waals surface area contributed by atoms with Crippen LogP contribution in [0.1, 0.15) is 36.2 Å². The van der Waals surface area contributed by atoms with Gasteiger partial charge in [-0.25, -0.2) is 13.1 Å². The lowest BCUT2D eigenvalue weighted by molar-refractivity contribution is 0.0622. The number of sulfonamides is 1. The molecule has 1 aliphatic rings. The molecule has 2 atom stereocenters. The fourth-order valence-electron chi connectivity index (χ4n) is 3.12. The first-order valence-electron chi connectivity index (χ1n) is 7.58. The average molecular weight is 324 g/mol. The molecular formula is C16H24N2O3S. The van der Waals surface area contributed by atoms with E-state index in [2.05, 4.69) is 18.6 Å². The van der Waals surface area contributed by atoms with Crippen LogP contribution in [0.3, 0.4) is 0 Å². The van der Waals surface area contributed by atoms with Crippen LogP contribution in [-0.2, 0) is 10.0 Å². The summed E-state index contributed by atoms with van der Waals surface area (Å²) in [5.41, 5.74) is 1.27. The molecule has 1 aliphatic heterocycles. The number of hydrogen-bond acceptors (Lipinski definition) is 3. The van der Waals surface area contributed by atoms with Gasteiger partial charge in [0.05, 0.1) is 4.90 Å². The Kier molecular flexibility index (Phi) is 4.92. The molecule has 22 heavy (non-hydrogen) atoms. The van der Waals surface area contributed by atoms with Crippen molar-refractivity contribution < 1.29 is 13.2 Å². The summed E-state index contributed by atoms with van der Waals surface area (Å²) in [5.74, 6) is 0.860. The van der Waals surface area contributed by atoms with Gasteiger partial charge in [0.15, 0.2) is 0 Å². The minimum atomic E-state index is -3.54. The SMILES string of the molecule is CNS(=O)(=O)c1ccc(C)c(C(=O)N2CC(C)CC(C)C2)c1. The normalized spacial score (nSPS) is 22.6. The molecule has 1 aromatic rings. The molecule has 1 fully saturated rings. The van der Waals surface area contributed by atoms with E-state index in [1.54, 1.807) is 6.07 Å². The lowest BCUT2D eigenvalue weighted by atomic mass is 9.91. The van der Waals surface area contributed by atoms with E-state index >= 15 is 0 Å². The van der Waals surface area contributed by atoms with Crippen LogP contribution in [-0.4, -0.2) is 39.4 Å². The summed E-state index contributed by atoms with van der Waals surface area (Å²) in [6.07, 6.45) is 1.12. The van der Waals surface area contributed by atoms with Crippen LogP contribution >= 0.6 is 0 Å². The summed E-state index contributed by atoms with van der Waals surface area (Å²) < 4.78 is 26.1. The molecule has 1 amide bonds. The van der Waals surface area contributed by atoms with Crippen LogP contribution in [0.25, 0.3) is 0 Å². The van der Waals surface area contributed by atoms with Crippen LogP contribution in [0.15, 0.2) is 23.1 Å². The summed E-state index contributed by atoms with van der Waals surface area (Å²) in [4.78, 5) is 14.8. The lowest BCUT2D eigenvalue weighted by Crippen LogP contribution is -2.42. The molecule has 0 spiro atoms. The van der Waals surface area contributed by atoms with Gasteiger partial charge in [0.25, 0.3) is 5.91 Å². The smallest absolute Gasteiger partial charge is 0.254 e. The number of nitrogens with one attached hydrogen (secondary N) is 1. The van der Waals surface area contributed by atoms with Gasteiger partial charge in [-0.3, -0.25) is 4.79 Å². The van der Waals surface area contributed by atoms with Crippen molar-refractivity contribution in [2.75, 3.05) is 20.1 Å². The zero-order valence-corrected chi connectivity index (χ0v) is 14.4. The van der Waals surface area contributed by atoms with Gasteiger partial charge < -0.3 is 4.90 Å². The minimum absolute atomic E-state index is 0.0796. The molecule has 5 nitrogen and oxygen atoms in total. The van der Waals surface area contributed by atoms with Crippen molar-refractivity contribution in [3.8, 4) is 0 Å². The molecule has 0 bridgehead atoms. The number of likely N-dealkylation sites (tertiary alicyclic amines) is 1. The van der Waals surface area contributed by atoms with Crippen molar-refractivity contribution in [3.63, 3.8) is 0 Å². The third-order valence-corrected chi connectivity index (χ3v) is 5.59. The average Bonchev–Trinajstić information content (AvgIpc) is 2.45. The summed E-state index contributed by atoms with van der Waals surface area (Å²) in [5, 5.41) is 0. The van der Waals surface area contributed by atoms with Crippen molar-refractivity contribution in [2.45, 2.75) is 32.1 Å². The molecule has 6 heteroatoms. The largest absolute Gasteiger partial charge is 0.338 e. The minimum Gasteiger partial charge on any atom is -0.338 e. The highest BCUT2D eigenvalue weighted by molar-refractivity contribution is 7.89. The topological polar surface area (TPSA) is 66.5 Å². The fraction of sp³-hybridized carbons (Fsp3) is 0.562. The number of piperidine rings is 1. The number of aryl methyl sites for hydroxylation is 1. The Morgan fingerprint density at radius 3 is 2.36 bits per heavy atom. The van der Waals surface area contributed by atoms with E-state index in [0.29, 0.717) is 17.4 Å². The Bertz CT molecular complexity index is 660. The zero-order valence-electron chi connectivity index (χ0n) is 13.6. The van der Waals surface area contributed by atoms with Crippen molar-refractivity contribution >= 4 is 15.9 Å². The maximum Gasteiger partial charge on any atom is 0.254 e. The van der Waals surface area contributed by atoms with E-state index in [-0.39, 0.29) is 10.8 Å². The quantitative estimate of drug-likeness (QED) is 0.925. The Morgan fingerprint density at radius 1 is 1.23 bits per heavy atom. The molecule has 2 rings (SSSR count). The van der Waals surface area contributed by atoms with Crippen LogP contribution in [0.2, 0.25) is 0 Å². The number of benzene rings is 1. The molecule has 2 unspecified atom stereocenters. The molecule has 0 radical (unpaired) electrons. The maximum atomic E-state index is 12.8. The predicted octanol–water partition coefficient (Wildman–Crippen LogP) is 2.02. The Labute approximate surface area is 132 Å². The highest BCUT2D eigenvalue weighted by Crippen LogP contribution is 2.24. The molecule has 1 N–H and O–H groups in total. The summed E-state index contributed by atoms with van der Waals surface area (Å²) >= 11 is 0. The number of hydrogen-bond donors (Lipinski definition) is 1. The van der Waals surface area contributed by atoms with Crippen molar-refractivity contribution in [1.29, 1.82) is 0 Å². The Morgan fingerprint density at radius 2 is 1.82 bits per heavy atom. The van der Waals surface area contributed by atoms with Gasteiger partial charge in [0, 0.05) is 18.7 Å². The fourth-order valence-corrected chi connectivity index (χ4v) is 3.87. The van der Waals surface area contributed by atoms with Crippen molar-refractivity contribution in [3.05, 3.63) is 29.3 Å². The van der Waals surface area contributed by atoms with Gasteiger partial charge in [-0.05, 0) is 49.9 Å². The highest BCUT2D eigenvalue weighted by Gasteiger charge is 2.27. The molecular weight excluding hydrogens is 300 g/mol. The zero-order chi connectivity index (χ0) is 16.5. The van der Waals surface area contributed by atoms with Gasteiger partial charge in [-0.2, -0.15) is 0 Å². The van der Waals surface area contributed by atoms with Crippen LogP contribution < -0.4 is 4.72 Å². The van der Waals surface area contributed by atoms with Crippen LogP contribution in [0.4, 0.5) is 0 Å². The number of nitrogens with zero attached hydrogens (tertiary/aromatic N) is 1. The first-order valence-corrected chi connectivity index (χ1v) is 9.06. The van der Waals surface area contributed by atoms with E-state index in [1.165, 1.54) is 19.2 Å². The second kappa shape index (κ2) is 6.38. The first-order chi connectivity index (χ1) is 10.2. The third kappa shape index (κ3) is 3.50. The van der Waals surface area contributed by atoms with E-state index in [4.69, 9.17) is 0 Å². The highest BCUT2D eigenvalue weighted by atomic mass is 32.2. The summed E-state index contributed by atoms with van der Waals surface area (Å²) in [6.45, 7) is 7.58. The van der Waals surface area contributed by atoms with Gasteiger partial charge in [0.1, 0.15) is 0 Å². The monoisotopic (exact) mass is 324 g/mol. The number of rotatable bonds is 3. The number of carbonyl (C=O) groups is 1. The Balaban J connectivity index is 2.35. The molecule has 1 heterocycles. The van der Waals surface area contributed by atoms with E-state index < -0.39 is 10.0 Å². The lowest BCUT2D eigenvalue weighted by Gasteiger charge is -2.35. The van der Waals surface area contributed by atoms with E-state index in [1.807, 2.05) is 11.8 Å². The van der Waals surface area contributed by atoms with Gasteiger partial charge in [-0.15, -0.1) is 0 Å². The number of amides is 1. The maximum absolute atomic E-state index is 12.8. The molecule has 0 aromatic heterocycles. The predicted molar refractivity (Wildman–Crippen MR) is 86.3 cm³/mol. The molecule has 122 valence electrons. The Hall–Kier alpha value is -1.40. The van der Waals surface area contributed by atoms with Gasteiger partial charge in [0.2, 0.25) is 10.0 Å². The summed E-state index contributed by atoms with van der Waals surface area (Å²) in [6, 6.07) is 4.70. The van der Waals surface area contributed by atoms with E-state index in [0.717, 1.165) is 25.1 Å². The molecule has 0 aliphatic carbocycles. The van der Waals surface area contributed by atoms with Crippen LogP contribution in [0, 0.1) is 18.8 Å². The molecule has 1 aromatic carbocycles. The number of carbonyl (C=O) groups excluding carboxylic acids is 1. The standard InChI is InChI=1S/C16H24N2O3S/c1-11-7-12(2)10-18(9-11)16(19)15-8-14(6-5-13(15)3)22(20,21)17-4/h5-6,8,11-12,17H,7,9-10H2,1-4H3. The third-order valence-electron chi connectivity index (χ3n) is 4.17. The van der Waals surface area contributed by atoms with Gasteiger partial charge in [-0.1, -0.05) is 19.9 Å². The molecule has 1 saturated heterocycles. The summed E-state index contributed by atoms with van der Waals surface area (Å²) in [7, 11) is -2.18. The van der Waals surface area contributed by atoms with Crippen molar-refractivity contribution in [1.82, 2.24) is 9.62 Å². The first kappa shape index (κ1) is 17.0. The van der Waals surface area contributed by atoms with Crippen LogP contribution in [0.5, 0.6) is 0 Å². The second-order valence-electron chi connectivity index (χ2n) is 6.34.